The minimum absolute atomic E-state index is 0.684. The van der Waals surface area contributed by atoms with Crippen LogP contribution in [0, 0.1) is 0 Å². The smallest absolute Gasteiger partial charge is 0.0638 e. The van der Waals surface area contributed by atoms with Gasteiger partial charge in [-0.05, 0) is 24.6 Å². The number of anilines is 1. The lowest BCUT2D eigenvalue weighted by Gasteiger charge is -2.08. The number of rotatable bonds is 5. The lowest BCUT2D eigenvalue weighted by molar-refractivity contribution is 0.198. The van der Waals surface area contributed by atoms with Crippen molar-refractivity contribution < 1.29 is 4.74 Å². The Morgan fingerprint density at radius 3 is 2.86 bits per heavy atom. The highest BCUT2D eigenvalue weighted by Gasteiger charge is 1.99. The summed E-state index contributed by atoms with van der Waals surface area (Å²) in [6, 6.07) is 5.36. The van der Waals surface area contributed by atoms with Gasteiger partial charge in [0, 0.05) is 25.3 Å². The van der Waals surface area contributed by atoms with E-state index in [1.807, 2.05) is 6.07 Å². The van der Waals surface area contributed by atoms with Crippen LogP contribution in [0.2, 0.25) is 10.0 Å². The highest BCUT2D eigenvalue weighted by Crippen LogP contribution is 2.25. The van der Waals surface area contributed by atoms with E-state index in [4.69, 9.17) is 27.9 Å². The molecule has 0 radical (unpaired) electrons. The van der Waals surface area contributed by atoms with Crippen LogP contribution in [0.15, 0.2) is 18.2 Å². The normalized spacial score (nSPS) is 10.2. The molecule has 1 aromatic carbocycles. The van der Waals surface area contributed by atoms with E-state index in [2.05, 4.69) is 5.32 Å². The van der Waals surface area contributed by atoms with Crippen LogP contribution >= 0.6 is 23.2 Å². The van der Waals surface area contributed by atoms with Crippen molar-refractivity contribution in [3.63, 3.8) is 0 Å². The van der Waals surface area contributed by atoms with Crippen LogP contribution in [0.3, 0.4) is 0 Å². The molecular weight excluding hydrogens is 221 g/mol. The number of benzene rings is 1. The van der Waals surface area contributed by atoms with E-state index in [0.29, 0.717) is 10.0 Å². The zero-order valence-electron chi connectivity index (χ0n) is 8.02. The highest BCUT2D eigenvalue weighted by molar-refractivity contribution is 6.35. The first kappa shape index (κ1) is 11.6. The number of ether oxygens (including phenoxy) is 1. The first-order valence-corrected chi connectivity index (χ1v) is 5.17. The van der Waals surface area contributed by atoms with Gasteiger partial charge in [-0.3, -0.25) is 0 Å². The summed E-state index contributed by atoms with van der Waals surface area (Å²) in [6.07, 6.45) is 0.944. The number of methoxy groups -OCH3 is 1. The molecule has 0 saturated heterocycles. The fourth-order valence-corrected chi connectivity index (χ4v) is 1.43. The molecule has 0 fully saturated rings. The molecule has 0 amide bonds. The molecule has 0 unspecified atom stereocenters. The summed E-state index contributed by atoms with van der Waals surface area (Å²) >= 11 is 11.8. The molecule has 1 N–H and O–H groups in total. The molecule has 2 nitrogen and oxygen atoms in total. The Morgan fingerprint density at radius 2 is 2.14 bits per heavy atom. The molecule has 78 valence electrons. The van der Waals surface area contributed by atoms with Crippen molar-refractivity contribution >= 4 is 28.9 Å². The monoisotopic (exact) mass is 233 g/mol. The van der Waals surface area contributed by atoms with E-state index in [0.717, 1.165) is 25.3 Å². The standard InChI is InChI=1S/C10H13Cl2NO/c1-14-6-2-5-13-10-7-8(11)3-4-9(10)12/h3-4,7,13H,2,5-6H2,1H3. The molecular formula is C10H13Cl2NO. The van der Waals surface area contributed by atoms with Crippen molar-refractivity contribution in [2.45, 2.75) is 6.42 Å². The van der Waals surface area contributed by atoms with Crippen molar-refractivity contribution in [1.29, 1.82) is 0 Å². The molecule has 0 spiro atoms. The highest BCUT2D eigenvalue weighted by atomic mass is 35.5. The van der Waals surface area contributed by atoms with Gasteiger partial charge in [-0.2, -0.15) is 0 Å². The third kappa shape index (κ3) is 3.74. The third-order valence-corrected chi connectivity index (χ3v) is 2.33. The van der Waals surface area contributed by atoms with Gasteiger partial charge < -0.3 is 10.1 Å². The van der Waals surface area contributed by atoms with Gasteiger partial charge in [0.05, 0.1) is 10.7 Å². The SMILES string of the molecule is COCCCNc1cc(Cl)ccc1Cl. The fraction of sp³-hybridized carbons (Fsp3) is 0.400. The van der Waals surface area contributed by atoms with Crippen molar-refractivity contribution in [2.75, 3.05) is 25.6 Å². The van der Waals surface area contributed by atoms with Crippen LogP contribution in [-0.4, -0.2) is 20.3 Å². The predicted octanol–water partition coefficient (Wildman–Crippen LogP) is 3.44. The molecule has 1 aromatic rings. The van der Waals surface area contributed by atoms with Crippen LogP contribution < -0.4 is 5.32 Å². The molecule has 0 saturated carbocycles. The van der Waals surface area contributed by atoms with Crippen LogP contribution in [0.4, 0.5) is 5.69 Å². The summed E-state index contributed by atoms with van der Waals surface area (Å²) in [6.45, 7) is 1.57. The summed E-state index contributed by atoms with van der Waals surface area (Å²) in [5.41, 5.74) is 0.871. The van der Waals surface area contributed by atoms with Gasteiger partial charge in [0.15, 0.2) is 0 Å². The molecule has 0 aliphatic heterocycles. The first-order chi connectivity index (χ1) is 6.74. The summed E-state index contributed by atoms with van der Waals surface area (Å²) in [4.78, 5) is 0. The van der Waals surface area contributed by atoms with Crippen molar-refractivity contribution in [2.24, 2.45) is 0 Å². The number of hydrogen-bond acceptors (Lipinski definition) is 2. The van der Waals surface area contributed by atoms with Crippen LogP contribution in [0.1, 0.15) is 6.42 Å². The molecule has 4 heteroatoms. The maximum atomic E-state index is 5.96. The lowest BCUT2D eigenvalue weighted by Crippen LogP contribution is -2.04. The number of halogens is 2. The summed E-state index contributed by atoms with van der Waals surface area (Å²) in [5.74, 6) is 0. The fourth-order valence-electron chi connectivity index (χ4n) is 1.07. The van der Waals surface area contributed by atoms with E-state index >= 15 is 0 Å². The Bertz CT molecular complexity index is 291. The van der Waals surface area contributed by atoms with E-state index in [1.54, 1.807) is 19.2 Å². The third-order valence-electron chi connectivity index (χ3n) is 1.77. The van der Waals surface area contributed by atoms with Crippen LogP contribution in [0.5, 0.6) is 0 Å². The van der Waals surface area contributed by atoms with Crippen LogP contribution in [-0.2, 0) is 4.74 Å². The number of hydrogen-bond donors (Lipinski definition) is 1. The molecule has 0 aromatic heterocycles. The largest absolute Gasteiger partial charge is 0.385 e. The molecule has 0 aliphatic rings. The van der Waals surface area contributed by atoms with E-state index in [-0.39, 0.29) is 0 Å². The molecule has 0 aliphatic carbocycles. The van der Waals surface area contributed by atoms with E-state index < -0.39 is 0 Å². The van der Waals surface area contributed by atoms with Gasteiger partial charge in [-0.25, -0.2) is 0 Å². The quantitative estimate of drug-likeness (QED) is 0.788. The van der Waals surface area contributed by atoms with Gasteiger partial charge in [-0.1, -0.05) is 23.2 Å². The van der Waals surface area contributed by atoms with Gasteiger partial charge in [0.2, 0.25) is 0 Å². The molecule has 0 heterocycles. The van der Waals surface area contributed by atoms with Gasteiger partial charge >= 0.3 is 0 Å². The Kier molecular flexibility index (Phi) is 5.09. The average Bonchev–Trinajstić information content (AvgIpc) is 2.18. The maximum absolute atomic E-state index is 5.96. The van der Waals surface area contributed by atoms with E-state index in [9.17, 15) is 0 Å². The summed E-state index contributed by atoms with van der Waals surface area (Å²) in [5, 5.41) is 4.56. The van der Waals surface area contributed by atoms with Gasteiger partial charge in [0.1, 0.15) is 0 Å². The van der Waals surface area contributed by atoms with Gasteiger partial charge in [-0.15, -0.1) is 0 Å². The zero-order chi connectivity index (χ0) is 10.4. The second-order valence-corrected chi connectivity index (χ2v) is 3.74. The van der Waals surface area contributed by atoms with Crippen molar-refractivity contribution in [1.82, 2.24) is 0 Å². The Labute approximate surface area is 94.2 Å². The second-order valence-electron chi connectivity index (χ2n) is 2.90. The topological polar surface area (TPSA) is 21.3 Å². The van der Waals surface area contributed by atoms with E-state index in [1.165, 1.54) is 0 Å². The number of nitrogens with one attached hydrogen (secondary N) is 1. The van der Waals surface area contributed by atoms with Crippen molar-refractivity contribution in [3.05, 3.63) is 28.2 Å². The second kappa shape index (κ2) is 6.12. The maximum Gasteiger partial charge on any atom is 0.0638 e. The Hall–Kier alpha value is -0.440. The minimum atomic E-state index is 0.684. The Morgan fingerprint density at radius 1 is 1.36 bits per heavy atom. The summed E-state index contributed by atoms with van der Waals surface area (Å²) in [7, 11) is 1.69. The zero-order valence-corrected chi connectivity index (χ0v) is 9.53. The molecule has 0 bridgehead atoms. The Balaban J connectivity index is 2.45. The van der Waals surface area contributed by atoms with Crippen molar-refractivity contribution in [3.8, 4) is 0 Å². The predicted molar refractivity (Wildman–Crippen MR) is 61.4 cm³/mol. The minimum Gasteiger partial charge on any atom is -0.385 e. The molecule has 1 rings (SSSR count). The molecule has 14 heavy (non-hydrogen) atoms. The first-order valence-electron chi connectivity index (χ1n) is 4.42. The average molecular weight is 234 g/mol. The lowest BCUT2D eigenvalue weighted by atomic mass is 10.3. The van der Waals surface area contributed by atoms with Crippen LogP contribution in [0.25, 0.3) is 0 Å². The van der Waals surface area contributed by atoms with Gasteiger partial charge in [0.25, 0.3) is 0 Å². The molecule has 0 atom stereocenters. The summed E-state index contributed by atoms with van der Waals surface area (Å²) < 4.78 is 4.93.